The van der Waals surface area contributed by atoms with Gasteiger partial charge < -0.3 is 9.47 Å². The van der Waals surface area contributed by atoms with Gasteiger partial charge in [-0.1, -0.05) is 23.2 Å². The van der Waals surface area contributed by atoms with E-state index in [0.29, 0.717) is 4.90 Å². The first-order chi connectivity index (χ1) is 12.1. The molecular weight excluding hydrogens is 416 g/mol. The highest BCUT2D eigenvalue weighted by atomic mass is 35.5. The monoisotopic (exact) mass is 428 g/mol. The lowest BCUT2D eigenvalue weighted by molar-refractivity contribution is -0.139. The Bertz CT molecular complexity index is 833. The Morgan fingerprint density at radius 1 is 1.35 bits per heavy atom. The van der Waals surface area contributed by atoms with Crippen LogP contribution in [0.4, 0.5) is 13.2 Å². The third kappa shape index (κ3) is 4.39. The van der Waals surface area contributed by atoms with Crippen molar-refractivity contribution in [3.8, 4) is 17.1 Å². The van der Waals surface area contributed by atoms with Gasteiger partial charge >= 0.3 is 12.6 Å². The highest BCUT2D eigenvalue weighted by Gasteiger charge is 2.24. The third-order valence-electron chi connectivity index (χ3n) is 3.25. The zero-order valence-corrected chi connectivity index (χ0v) is 16.1. The van der Waals surface area contributed by atoms with Crippen molar-refractivity contribution < 1.29 is 27.4 Å². The van der Waals surface area contributed by atoms with E-state index in [4.69, 9.17) is 23.2 Å². The summed E-state index contributed by atoms with van der Waals surface area (Å²) in [6, 6.07) is 2.37. The maximum Gasteiger partial charge on any atom is 0.388 e. The first-order valence-electron chi connectivity index (χ1n) is 7.06. The van der Waals surface area contributed by atoms with Crippen molar-refractivity contribution in [3.05, 3.63) is 28.0 Å². The van der Waals surface area contributed by atoms with Gasteiger partial charge in [-0.05, 0) is 19.1 Å². The zero-order chi connectivity index (χ0) is 19.6. The summed E-state index contributed by atoms with van der Waals surface area (Å²) >= 11 is 13.1. The van der Waals surface area contributed by atoms with Gasteiger partial charge in [0.1, 0.15) is 21.8 Å². The van der Waals surface area contributed by atoms with Crippen LogP contribution in [0.15, 0.2) is 17.0 Å². The van der Waals surface area contributed by atoms with E-state index in [1.807, 2.05) is 0 Å². The predicted molar refractivity (Wildman–Crippen MR) is 92.6 cm³/mol. The molecule has 0 N–H and O–H groups in total. The number of methoxy groups -OCH3 is 1. The molecule has 0 fully saturated rings. The lowest BCUT2D eigenvalue weighted by atomic mass is 10.1. The summed E-state index contributed by atoms with van der Waals surface area (Å²) in [6.07, 6.45) is 0. The van der Waals surface area contributed by atoms with E-state index in [1.165, 1.54) is 20.2 Å². The van der Waals surface area contributed by atoms with E-state index in [9.17, 15) is 18.0 Å². The number of benzene rings is 1. The van der Waals surface area contributed by atoms with Gasteiger partial charge in [-0.15, -0.1) is 11.8 Å². The minimum atomic E-state index is -3.11. The van der Waals surface area contributed by atoms with Gasteiger partial charge in [0.25, 0.3) is 0 Å². The van der Waals surface area contributed by atoms with Crippen LogP contribution in [0.5, 0.6) is 5.88 Å². The van der Waals surface area contributed by atoms with Crippen LogP contribution in [-0.2, 0) is 16.6 Å². The molecule has 5 nitrogen and oxygen atoms in total. The maximum absolute atomic E-state index is 14.4. The van der Waals surface area contributed by atoms with Crippen LogP contribution in [0.1, 0.15) is 6.92 Å². The second kappa shape index (κ2) is 8.41. The molecular formula is C15H13Cl2F3N2O3S. The van der Waals surface area contributed by atoms with Gasteiger partial charge in [0, 0.05) is 17.5 Å². The molecule has 142 valence electrons. The van der Waals surface area contributed by atoms with Crippen LogP contribution in [0.3, 0.4) is 0 Å². The number of rotatable bonds is 6. The summed E-state index contributed by atoms with van der Waals surface area (Å²) in [6.45, 7) is -1.52. The number of carbonyl (C=O) groups is 1. The van der Waals surface area contributed by atoms with E-state index in [1.54, 1.807) is 6.92 Å². The fraction of sp³-hybridized carbons (Fsp3) is 0.333. The molecule has 1 heterocycles. The van der Waals surface area contributed by atoms with Crippen LogP contribution in [-0.4, -0.2) is 34.7 Å². The summed E-state index contributed by atoms with van der Waals surface area (Å²) in [5, 5.41) is 3.13. The molecule has 0 aliphatic heterocycles. The molecule has 0 spiro atoms. The molecule has 26 heavy (non-hydrogen) atoms. The van der Waals surface area contributed by atoms with Crippen LogP contribution < -0.4 is 4.74 Å². The lowest BCUT2D eigenvalue weighted by Crippen LogP contribution is -2.14. The van der Waals surface area contributed by atoms with Crippen LogP contribution >= 0.6 is 35.0 Å². The number of carbonyl (C=O) groups excluding carboxylic acids is 1. The van der Waals surface area contributed by atoms with Crippen molar-refractivity contribution in [2.24, 2.45) is 7.05 Å². The largest absolute Gasteiger partial charge is 0.468 e. The summed E-state index contributed by atoms with van der Waals surface area (Å²) in [5.74, 6) is -1.64. The summed E-state index contributed by atoms with van der Waals surface area (Å²) in [4.78, 5) is 11.9. The molecule has 0 amide bonds. The number of esters is 1. The van der Waals surface area contributed by atoms with Gasteiger partial charge in [-0.2, -0.15) is 13.9 Å². The Kier molecular flexibility index (Phi) is 6.70. The molecule has 1 aromatic heterocycles. The van der Waals surface area contributed by atoms with Crippen molar-refractivity contribution in [2.45, 2.75) is 23.7 Å². The molecule has 0 aliphatic carbocycles. The molecule has 2 aromatic rings. The van der Waals surface area contributed by atoms with Crippen molar-refractivity contribution in [3.63, 3.8) is 0 Å². The average Bonchev–Trinajstić information content (AvgIpc) is 2.84. The fourth-order valence-electron chi connectivity index (χ4n) is 2.07. The highest BCUT2D eigenvalue weighted by molar-refractivity contribution is 8.00. The minimum absolute atomic E-state index is 0.0707. The lowest BCUT2D eigenvalue weighted by Gasteiger charge is -2.12. The third-order valence-corrected chi connectivity index (χ3v) is 5.16. The van der Waals surface area contributed by atoms with Crippen molar-refractivity contribution in [2.75, 3.05) is 7.11 Å². The molecule has 11 heteroatoms. The van der Waals surface area contributed by atoms with E-state index in [2.05, 4.69) is 14.6 Å². The highest BCUT2D eigenvalue weighted by Crippen LogP contribution is 2.40. The second-order valence-electron chi connectivity index (χ2n) is 5.02. The molecule has 1 aromatic carbocycles. The standard InChI is InChI=1S/C15H13Cl2F3N2O3S/c1-6(14(23)24-3)26-10-4-7(9(18)5-8(10)16)12-11(17)13(22(2)21-12)25-15(19)20/h4-6,15H,1-3H3. The van der Waals surface area contributed by atoms with Gasteiger partial charge in [0.05, 0.1) is 12.1 Å². The van der Waals surface area contributed by atoms with Gasteiger partial charge in [0.15, 0.2) is 0 Å². The topological polar surface area (TPSA) is 53.3 Å². The van der Waals surface area contributed by atoms with Crippen LogP contribution in [0.2, 0.25) is 10.0 Å². The van der Waals surface area contributed by atoms with Gasteiger partial charge in [-0.3, -0.25) is 4.79 Å². The average molecular weight is 429 g/mol. The molecule has 0 radical (unpaired) electrons. The SMILES string of the molecule is COC(=O)C(C)Sc1cc(-c2nn(C)c(OC(F)F)c2Cl)c(F)cc1Cl. The first-order valence-corrected chi connectivity index (χ1v) is 8.70. The second-order valence-corrected chi connectivity index (χ2v) is 7.18. The number of ether oxygens (including phenoxy) is 2. The van der Waals surface area contributed by atoms with Gasteiger partial charge in [-0.25, -0.2) is 9.07 Å². The van der Waals surface area contributed by atoms with Crippen LogP contribution in [0.25, 0.3) is 11.3 Å². The van der Waals surface area contributed by atoms with Crippen LogP contribution in [0, 0.1) is 5.82 Å². The quantitative estimate of drug-likeness (QED) is 0.489. The van der Waals surface area contributed by atoms with E-state index >= 15 is 0 Å². The fourth-order valence-corrected chi connectivity index (χ4v) is 3.59. The number of halogens is 5. The van der Waals surface area contributed by atoms with Crippen molar-refractivity contribution in [1.82, 2.24) is 9.78 Å². The summed E-state index contributed by atoms with van der Waals surface area (Å²) < 4.78 is 49.3. The van der Waals surface area contributed by atoms with E-state index < -0.39 is 29.5 Å². The smallest absolute Gasteiger partial charge is 0.388 e. The number of thioether (sulfide) groups is 1. The first kappa shape index (κ1) is 20.7. The molecule has 0 saturated heterocycles. The molecule has 2 rings (SSSR count). The number of aryl methyl sites for hydroxylation is 1. The number of nitrogens with zero attached hydrogens (tertiary/aromatic N) is 2. The Balaban J connectivity index is 2.48. The molecule has 1 atom stereocenters. The van der Waals surface area contributed by atoms with Crippen molar-refractivity contribution in [1.29, 1.82) is 0 Å². The predicted octanol–water partition coefficient (Wildman–Crippen LogP) is 4.79. The van der Waals surface area contributed by atoms with Crippen molar-refractivity contribution >= 4 is 40.9 Å². The molecule has 0 bridgehead atoms. The maximum atomic E-state index is 14.4. The summed E-state index contributed by atoms with van der Waals surface area (Å²) in [7, 11) is 2.57. The Hall–Kier alpha value is -1.58. The normalized spacial score (nSPS) is 12.3. The molecule has 1 unspecified atom stereocenters. The number of alkyl halides is 2. The Labute approximate surface area is 161 Å². The number of aromatic nitrogens is 2. The summed E-state index contributed by atoms with van der Waals surface area (Å²) in [5.41, 5.74) is -0.162. The zero-order valence-electron chi connectivity index (χ0n) is 13.7. The Morgan fingerprint density at radius 2 is 2.00 bits per heavy atom. The number of hydrogen-bond donors (Lipinski definition) is 0. The van der Waals surface area contributed by atoms with Gasteiger partial charge in [0.2, 0.25) is 5.88 Å². The van der Waals surface area contributed by atoms with E-state index in [0.717, 1.165) is 22.5 Å². The Morgan fingerprint density at radius 3 is 2.58 bits per heavy atom. The number of hydrogen-bond acceptors (Lipinski definition) is 5. The van der Waals surface area contributed by atoms with E-state index in [-0.39, 0.29) is 21.3 Å². The molecule has 0 saturated carbocycles. The minimum Gasteiger partial charge on any atom is -0.468 e. The molecule has 0 aliphatic rings.